The van der Waals surface area contributed by atoms with E-state index in [2.05, 4.69) is 0 Å². The lowest BCUT2D eigenvalue weighted by Gasteiger charge is -2.33. The van der Waals surface area contributed by atoms with Gasteiger partial charge in [0.2, 0.25) is 0 Å². The van der Waals surface area contributed by atoms with Crippen molar-refractivity contribution >= 4 is 11.8 Å². The maximum absolute atomic E-state index is 13.6. The molecule has 0 aliphatic rings. The van der Waals surface area contributed by atoms with Crippen molar-refractivity contribution in [1.82, 2.24) is 0 Å². The summed E-state index contributed by atoms with van der Waals surface area (Å²) < 4.78 is 25.4. The fourth-order valence-electron chi connectivity index (χ4n) is 5.04. The number of Topliss-reactive ketones (excluding diaryl/α,β-unsaturated/α-hetero) is 1. The highest BCUT2D eigenvalue weighted by Gasteiger charge is 2.36. The first kappa shape index (κ1) is 32.5. The molecule has 46 heavy (non-hydrogen) atoms. The van der Waals surface area contributed by atoms with Crippen molar-refractivity contribution in [2.75, 3.05) is 6.61 Å². The van der Waals surface area contributed by atoms with Gasteiger partial charge in [-0.2, -0.15) is 0 Å². The van der Waals surface area contributed by atoms with E-state index in [-0.39, 0.29) is 32.0 Å². The highest BCUT2D eigenvalue weighted by Crippen LogP contribution is 2.23. The third kappa shape index (κ3) is 10.1. The number of esters is 1. The third-order valence-electron chi connectivity index (χ3n) is 7.47. The van der Waals surface area contributed by atoms with Gasteiger partial charge in [0, 0.05) is 12.0 Å². The Morgan fingerprint density at radius 3 is 1.43 bits per heavy atom. The smallest absolute Gasteiger partial charge is 0.338 e. The average molecular weight is 615 g/mol. The highest BCUT2D eigenvalue weighted by atomic mass is 16.6. The van der Waals surface area contributed by atoms with Gasteiger partial charge in [-0.1, -0.05) is 140 Å². The van der Waals surface area contributed by atoms with Crippen LogP contribution in [0.5, 0.6) is 0 Å². The van der Waals surface area contributed by atoms with Gasteiger partial charge in [0.05, 0.1) is 38.1 Å². The molecule has 5 rings (SSSR count). The van der Waals surface area contributed by atoms with Crippen molar-refractivity contribution in [3.63, 3.8) is 0 Å². The highest BCUT2D eigenvalue weighted by molar-refractivity contribution is 5.96. The van der Waals surface area contributed by atoms with Crippen LogP contribution >= 0.6 is 0 Å². The number of rotatable bonds is 17. The van der Waals surface area contributed by atoms with Crippen molar-refractivity contribution < 1.29 is 28.5 Å². The third-order valence-corrected chi connectivity index (χ3v) is 7.47. The maximum Gasteiger partial charge on any atom is 0.338 e. The Hall–Kier alpha value is -4.88. The van der Waals surface area contributed by atoms with Crippen molar-refractivity contribution in [3.05, 3.63) is 179 Å². The lowest BCUT2D eigenvalue weighted by molar-refractivity contribution is -0.148. The van der Waals surface area contributed by atoms with E-state index in [1.807, 2.05) is 115 Å². The molecule has 3 atom stereocenters. The molecule has 0 heterocycles. The van der Waals surface area contributed by atoms with Crippen LogP contribution in [0.15, 0.2) is 152 Å². The Bertz CT molecular complexity index is 1600. The zero-order valence-corrected chi connectivity index (χ0v) is 25.7. The van der Waals surface area contributed by atoms with Crippen molar-refractivity contribution in [2.24, 2.45) is 0 Å². The SMILES string of the molecule is O=C(C[C@H](OCc1ccccc1)[C@H](OCc1ccccc1)[C@@H](COCc1ccccc1)OC(=O)c1ccccc1)c1ccccc1. The van der Waals surface area contributed by atoms with Crippen LogP contribution in [-0.4, -0.2) is 36.7 Å². The van der Waals surface area contributed by atoms with Crippen molar-refractivity contribution in [1.29, 1.82) is 0 Å². The minimum Gasteiger partial charge on any atom is -0.453 e. The molecule has 6 nitrogen and oxygen atoms in total. The van der Waals surface area contributed by atoms with E-state index >= 15 is 0 Å². The second kappa shape index (κ2) is 17.6. The van der Waals surface area contributed by atoms with Gasteiger partial charge < -0.3 is 18.9 Å². The monoisotopic (exact) mass is 614 g/mol. The van der Waals surface area contributed by atoms with Crippen LogP contribution < -0.4 is 0 Å². The molecular formula is C40H38O6. The summed E-state index contributed by atoms with van der Waals surface area (Å²) in [6.45, 7) is 0.791. The number of ketones is 1. The van der Waals surface area contributed by atoms with Gasteiger partial charge in [-0.05, 0) is 28.8 Å². The Labute approximate surface area is 270 Å². The summed E-state index contributed by atoms with van der Waals surface area (Å²) in [6.07, 6.45) is -2.51. The molecule has 0 aliphatic heterocycles. The topological polar surface area (TPSA) is 71.1 Å². The van der Waals surface area contributed by atoms with Crippen molar-refractivity contribution in [3.8, 4) is 0 Å². The minimum absolute atomic E-state index is 0.00831. The van der Waals surface area contributed by atoms with Gasteiger partial charge in [0.15, 0.2) is 11.9 Å². The Balaban J connectivity index is 1.47. The fourth-order valence-corrected chi connectivity index (χ4v) is 5.04. The molecule has 0 aromatic heterocycles. The Morgan fingerprint density at radius 1 is 0.478 bits per heavy atom. The molecule has 234 valence electrons. The van der Waals surface area contributed by atoms with E-state index in [0.29, 0.717) is 17.7 Å². The molecule has 0 spiro atoms. The summed E-state index contributed by atoms with van der Waals surface area (Å²) in [5.74, 6) is -0.622. The fraction of sp³-hybridized carbons (Fsp3) is 0.200. The maximum atomic E-state index is 13.6. The molecule has 5 aromatic rings. The molecule has 0 fully saturated rings. The summed E-state index contributed by atoms with van der Waals surface area (Å²) >= 11 is 0. The summed E-state index contributed by atoms with van der Waals surface area (Å²) in [4.78, 5) is 27.1. The molecule has 0 unspecified atom stereocenters. The van der Waals surface area contributed by atoms with Gasteiger partial charge in [0.1, 0.15) is 6.10 Å². The zero-order valence-electron chi connectivity index (χ0n) is 25.7. The summed E-state index contributed by atoms with van der Waals surface area (Å²) in [7, 11) is 0. The summed E-state index contributed by atoms with van der Waals surface area (Å²) in [5, 5.41) is 0. The zero-order chi connectivity index (χ0) is 31.8. The normalized spacial score (nSPS) is 13.0. The van der Waals surface area contributed by atoms with E-state index in [1.54, 1.807) is 36.4 Å². The number of ether oxygens (including phenoxy) is 4. The number of carbonyl (C=O) groups excluding carboxylic acids is 2. The standard InChI is InChI=1S/C40H38O6/c41-36(34-22-12-4-13-23-34)26-37(44-28-32-18-8-2-9-19-32)39(45-29-33-20-10-3-11-21-33)38(30-43-27-31-16-6-1-7-17-31)46-40(42)35-24-14-5-15-25-35/h1-25,37-39H,26-30H2/t37-,38+,39-/m0/s1. The molecule has 0 saturated carbocycles. The Kier molecular flexibility index (Phi) is 12.4. The first-order valence-electron chi connectivity index (χ1n) is 15.4. The van der Waals surface area contributed by atoms with Crippen molar-refractivity contribution in [2.45, 2.75) is 44.6 Å². The van der Waals surface area contributed by atoms with E-state index < -0.39 is 24.3 Å². The minimum atomic E-state index is -0.899. The Morgan fingerprint density at radius 2 is 0.913 bits per heavy atom. The molecular weight excluding hydrogens is 576 g/mol. The van der Waals surface area contributed by atoms with E-state index in [0.717, 1.165) is 16.7 Å². The lowest BCUT2D eigenvalue weighted by atomic mass is 9.98. The van der Waals surface area contributed by atoms with Gasteiger partial charge in [0.25, 0.3) is 0 Å². The molecule has 0 aliphatic carbocycles. The van der Waals surface area contributed by atoms with E-state index in [1.165, 1.54) is 0 Å². The molecule has 0 amide bonds. The van der Waals surface area contributed by atoms with Gasteiger partial charge >= 0.3 is 5.97 Å². The van der Waals surface area contributed by atoms with Gasteiger partial charge in [-0.15, -0.1) is 0 Å². The van der Waals surface area contributed by atoms with E-state index in [9.17, 15) is 9.59 Å². The lowest BCUT2D eigenvalue weighted by Crippen LogP contribution is -2.46. The quantitative estimate of drug-likeness (QED) is 0.0784. The molecule has 0 saturated heterocycles. The molecule has 6 heteroatoms. The number of carbonyl (C=O) groups is 2. The van der Waals surface area contributed by atoms with Crippen LogP contribution in [0.4, 0.5) is 0 Å². The molecule has 0 radical (unpaired) electrons. The summed E-state index contributed by atoms with van der Waals surface area (Å²) in [5.41, 5.74) is 3.82. The molecule has 5 aromatic carbocycles. The second-order valence-electron chi connectivity index (χ2n) is 10.9. The number of hydrogen-bond acceptors (Lipinski definition) is 6. The predicted molar refractivity (Wildman–Crippen MR) is 177 cm³/mol. The van der Waals surface area contributed by atoms with Gasteiger partial charge in [-0.25, -0.2) is 4.79 Å². The van der Waals surface area contributed by atoms with Crippen LogP contribution in [0, 0.1) is 0 Å². The first-order valence-corrected chi connectivity index (χ1v) is 15.4. The van der Waals surface area contributed by atoms with Crippen LogP contribution in [-0.2, 0) is 38.8 Å². The summed E-state index contributed by atoms with van der Waals surface area (Å²) in [6, 6.07) is 47.2. The number of hydrogen-bond donors (Lipinski definition) is 0. The largest absolute Gasteiger partial charge is 0.453 e. The second-order valence-corrected chi connectivity index (χ2v) is 10.9. The average Bonchev–Trinajstić information content (AvgIpc) is 3.12. The number of benzene rings is 5. The van der Waals surface area contributed by atoms with Crippen LogP contribution in [0.3, 0.4) is 0 Å². The van der Waals surface area contributed by atoms with E-state index in [4.69, 9.17) is 18.9 Å². The van der Waals surface area contributed by atoms with Gasteiger partial charge in [-0.3, -0.25) is 4.79 Å². The van der Waals surface area contributed by atoms with Crippen LogP contribution in [0.1, 0.15) is 43.8 Å². The molecule has 0 N–H and O–H groups in total. The first-order chi connectivity index (χ1) is 22.7. The van der Waals surface area contributed by atoms with Crippen LogP contribution in [0.2, 0.25) is 0 Å². The molecule has 0 bridgehead atoms. The van der Waals surface area contributed by atoms with Crippen LogP contribution in [0.25, 0.3) is 0 Å². The predicted octanol–water partition coefficient (Wildman–Crippen LogP) is 7.87.